The Morgan fingerprint density at radius 1 is 0.897 bits per heavy atom. The van der Waals surface area contributed by atoms with Crippen LogP contribution in [0.5, 0.6) is 0 Å². The van der Waals surface area contributed by atoms with Crippen LogP contribution in [0.3, 0.4) is 0 Å². The fourth-order valence-electron chi connectivity index (χ4n) is 3.83. The molecule has 0 spiro atoms. The normalized spacial score (nSPS) is 18.4. The van der Waals surface area contributed by atoms with Gasteiger partial charge in [-0.05, 0) is 49.6 Å². The van der Waals surface area contributed by atoms with Gasteiger partial charge in [-0.3, -0.25) is 19.2 Å². The third-order valence-corrected chi connectivity index (χ3v) is 8.01. The van der Waals surface area contributed by atoms with Crippen molar-refractivity contribution in [1.29, 1.82) is 0 Å². The number of carbonyl (C=O) groups excluding carboxylic acids is 4. The number of Topliss-reactive ketones (excluding diaryl/α,β-unsaturated/α-hetero) is 1. The maximum atomic E-state index is 13.4. The highest BCUT2D eigenvalue weighted by Gasteiger charge is 2.50. The number of hydrogen-bond donors (Lipinski definition) is 3. The summed E-state index contributed by atoms with van der Waals surface area (Å²) in [5.74, 6) is -1.29. The van der Waals surface area contributed by atoms with E-state index < -0.39 is 41.4 Å². The summed E-state index contributed by atoms with van der Waals surface area (Å²) >= 11 is 14.9. The molecule has 3 N–H and O–H groups in total. The van der Waals surface area contributed by atoms with E-state index in [1.165, 1.54) is 35.7 Å². The van der Waals surface area contributed by atoms with Crippen LogP contribution in [0.2, 0.25) is 10.0 Å². The topological polar surface area (TPSA) is 117 Å². The fraction of sp³-hybridized carbons (Fsp3) is 0.407. The predicted molar refractivity (Wildman–Crippen MR) is 158 cm³/mol. The molecule has 0 unspecified atom stereocenters. The lowest BCUT2D eigenvalue weighted by atomic mass is 9.94. The average Bonchev–Trinajstić information content (AvgIpc) is 3.67. The molecule has 1 heterocycles. The van der Waals surface area contributed by atoms with Gasteiger partial charge in [-0.25, -0.2) is 0 Å². The Labute approximate surface area is 246 Å². The number of epoxide rings is 1. The van der Waals surface area contributed by atoms with Crippen LogP contribution in [0.4, 0.5) is 0 Å². The number of ketones is 1. The highest BCUT2D eigenvalue weighted by atomic mass is 35.5. The molecule has 1 saturated heterocycles. The number of thioether (sulfide) groups is 2. The summed E-state index contributed by atoms with van der Waals surface area (Å²) in [5, 5.41) is 8.79. The van der Waals surface area contributed by atoms with Gasteiger partial charge in [0.25, 0.3) is 5.91 Å². The SMILES string of the molecule is CSC[C@@H](NC(=O)c1cc(Cl)ccc1Cl)C(=O)N[C@H](CSC)C(=O)N[C@@H](Cc1ccccc1)C(=O)[C@@]1(C)CO1. The number of benzene rings is 2. The Bertz CT molecular complexity index is 1200. The first-order chi connectivity index (χ1) is 18.6. The lowest BCUT2D eigenvalue weighted by molar-refractivity contribution is -0.132. The minimum absolute atomic E-state index is 0.138. The van der Waals surface area contributed by atoms with Crippen molar-refractivity contribution in [3.8, 4) is 0 Å². The lowest BCUT2D eigenvalue weighted by Crippen LogP contribution is -2.58. The van der Waals surface area contributed by atoms with E-state index in [0.29, 0.717) is 11.6 Å². The van der Waals surface area contributed by atoms with Gasteiger partial charge in [0.15, 0.2) is 5.78 Å². The van der Waals surface area contributed by atoms with Crippen molar-refractivity contribution in [3.63, 3.8) is 0 Å². The third kappa shape index (κ3) is 8.88. The van der Waals surface area contributed by atoms with E-state index in [1.807, 2.05) is 30.3 Å². The average molecular weight is 613 g/mol. The van der Waals surface area contributed by atoms with Gasteiger partial charge in [-0.15, -0.1) is 0 Å². The molecular weight excluding hydrogens is 581 g/mol. The van der Waals surface area contributed by atoms with Gasteiger partial charge in [0.1, 0.15) is 17.7 Å². The third-order valence-electron chi connectivity index (χ3n) is 6.11. The smallest absolute Gasteiger partial charge is 0.253 e. The van der Waals surface area contributed by atoms with Crippen molar-refractivity contribution < 1.29 is 23.9 Å². The molecule has 2 aromatic carbocycles. The summed E-state index contributed by atoms with van der Waals surface area (Å²) in [4.78, 5) is 52.7. The molecule has 0 aliphatic carbocycles. The maximum absolute atomic E-state index is 13.4. The second-order valence-electron chi connectivity index (χ2n) is 9.26. The largest absolute Gasteiger partial charge is 0.361 e. The van der Waals surface area contributed by atoms with E-state index in [0.717, 1.165) is 5.56 Å². The van der Waals surface area contributed by atoms with Crippen LogP contribution >= 0.6 is 46.7 Å². The van der Waals surface area contributed by atoms with Crippen LogP contribution < -0.4 is 16.0 Å². The van der Waals surface area contributed by atoms with E-state index in [-0.39, 0.29) is 34.3 Å². The quantitative estimate of drug-likeness (QED) is 0.280. The second kappa shape index (κ2) is 14.4. The summed E-state index contributed by atoms with van der Waals surface area (Å²) < 4.78 is 5.34. The van der Waals surface area contributed by atoms with Crippen LogP contribution in [0.25, 0.3) is 0 Å². The molecule has 3 amide bonds. The standard InChI is InChI=1S/C27H31Cl2N3O5S2/c1-27(15-37-27)23(33)20(11-16-7-5-4-6-8-16)30-25(35)22(14-39-3)32-26(36)21(13-38-2)31-24(34)18-12-17(28)9-10-19(18)29/h4-10,12,20-22H,11,13-15H2,1-3H3,(H,30,35)(H,31,34)(H,32,36)/t20-,21+,22+,27+/m0/s1. The molecule has 8 nitrogen and oxygen atoms in total. The molecule has 210 valence electrons. The summed E-state index contributed by atoms with van der Waals surface area (Å²) in [6, 6.07) is 11.1. The van der Waals surface area contributed by atoms with Crippen molar-refractivity contribution >= 4 is 70.2 Å². The molecule has 0 radical (unpaired) electrons. The Kier molecular flexibility index (Phi) is 11.6. The van der Waals surface area contributed by atoms with E-state index in [1.54, 1.807) is 25.5 Å². The van der Waals surface area contributed by atoms with Crippen molar-refractivity contribution in [2.75, 3.05) is 30.6 Å². The molecule has 12 heteroatoms. The fourth-order valence-corrected chi connectivity index (χ4v) is 5.34. The minimum atomic E-state index is -0.944. The molecule has 4 atom stereocenters. The predicted octanol–water partition coefficient (Wildman–Crippen LogP) is 3.39. The molecule has 0 bridgehead atoms. The molecule has 1 aliphatic rings. The molecule has 1 fully saturated rings. The van der Waals surface area contributed by atoms with Crippen LogP contribution in [-0.2, 0) is 25.5 Å². The first kappa shape index (κ1) is 31.3. The Balaban J connectivity index is 1.73. The monoisotopic (exact) mass is 611 g/mol. The number of amides is 3. The van der Waals surface area contributed by atoms with Gasteiger partial charge in [-0.2, -0.15) is 23.5 Å². The van der Waals surface area contributed by atoms with Gasteiger partial charge in [0, 0.05) is 16.5 Å². The first-order valence-corrected chi connectivity index (χ1v) is 15.7. The zero-order chi connectivity index (χ0) is 28.6. The number of halogens is 2. The number of carbonyl (C=O) groups is 4. The van der Waals surface area contributed by atoms with Gasteiger partial charge in [-0.1, -0.05) is 53.5 Å². The van der Waals surface area contributed by atoms with Gasteiger partial charge in [0.05, 0.1) is 23.2 Å². The number of nitrogens with one attached hydrogen (secondary N) is 3. The molecule has 39 heavy (non-hydrogen) atoms. The number of ether oxygens (including phenoxy) is 1. The van der Waals surface area contributed by atoms with Crippen LogP contribution in [0.1, 0.15) is 22.8 Å². The minimum Gasteiger partial charge on any atom is -0.361 e. The van der Waals surface area contributed by atoms with Gasteiger partial charge < -0.3 is 20.7 Å². The maximum Gasteiger partial charge on any atom is 0.253 e. The second-order valence-corrected chi connectivity index (χ2v) is 11.9. The Morgan fingerprint density at radius 3 is 2.03 bits per heavy atom. The van der Waals surface area contributed by atoms with Crippen molar-refractivity contribution in [2.45, 2.75) is 37.1 Å². The van der Waals surface area contributed by atoms with Gasteiger partial charge >= 0.3 is 0 Å². The van der Waals surface area contributed by atoms with E-state index in [2.05, 4.69) is 16.0 Å². The van der Waals surface area contributed by atoms with Crippen molar-refractivity contribution in [3.05, 3.63) is 69.7 Å². The summed E-state index contributed by atoms with van der Waals surface area (Å²) in [5.41, 5.74) is 0.0909. The number of rotatable bonds is 14. The van der Waals surface area contributed by atoms with Crippen molar-refractivity contribution in [2.24, 2.45) is 0 Å². The highest BCUT2D eigenvalue weighted by Crippen LogP contribution is 2.29. The van der Waals surface area contributed by atoms with Gasteiger partial charge in [0.2, 0.25) is 11.8 Å². The summed E-state index contributed by atoms with van der Waals surface area (Å²) in [6.07, 6.45) is 3.89. The summed E-state index contributed by atoms with van der Waals surface area (Å²) in [6.45, 7) is 1.99. The Morgan fingerprint density at radius 2 is 1.46 bits per heavy atom. The lowest BCUT2D eigenvalue weighted by Gasteiger charge is -2.25. The van der Waals surface area contributed by atoms with E-state index >= 15 is 0 Å². The summed E-state index contributed by atoms with van der Waals surface area (Å²) in [7, 11) is 0. The molecule has 2 aromatic rings. The molecule has 0 aromatic heterocycles. The van der Waals surface area contributed by atoms with Crippen LogP contribution in [0, 0.1) is 0 Å². The molecular formula is C27H31Cl2N3O5S2. The molecule has 0 saturated carbocycles. The van der Waals surface area contributed by atoms with Crippen molar-refractivity contribution in [1.82, 2.24) is 16.0 Å². The first-order valence-electron chi connectivity index (χ1n) is 12.1. The molecule has 3 rings (SSSR count). The zero-order valence-electron chi connectivity index (χ0n) is 21.8. The number of hydrogen-bond acceptors (Lipinski definition) is 7. The molecule has 1 aliphatic heterocycles. The van der Waals surface area contributed by atoms with Crippen LogP contribution in [-0.4, -0.2) is 77.9 Å². The highest BCUT2D eigenvalue weighted by molar-refractivity contribution is 7.98. The zero-order valence-corrected chi connectivity index (χ0v) is 24.9. The van der Waals surface area contributed by atoms with E-state index in [4.69, 9.17) is 27.9 Å². The van der Waals surface area contributed by atoms with E-state index in [9.17, 15) is 19.2 Å². The van der Waals surface area contributed by atoms with Crippen LogP contribution in [0.15, 0.2) is 48.5 Å². The Hall–Kier alpha value is -2.24.